The van der Waals surface area contributed by atoms with Gasteiger partial charge < -0.3 is 4.98 Å². The minimum Gasteiger partial charge on any atom is -0.304 e. The average molecular weight is 1010 g/mol. The fraction of sp³-hybridized carbons (Fsp3) is 0.150. The maximum Gasteiger partial charge on any atom is 0.161 e. The van der Waals surface area contributed by atoms with Crippen LogP contribution < -0.4 is 0 Å². The van der Waals surface area contributed by atoms with E-state index in [1.807, 2.05) is 6.20 Å². The first kappa shape index (κ1) is 42.7. The minimum atomic E-state index is -0.0172. The molecular weight excluding hydrogens is 955 g/mol. The number of hydrogen-bond acceptors (Lipinski definition) is 3. The van der Waals surface area contributed by atoms with Crippen molar-refractivity contribution in [2.45, 2.75) is 52.4 Å². The molecule has 0 fully saturated rings. The number of fused-ring (bicyclic) bond motifs is 1. The van der Waals surface area contributed by atoms with E-state index in [0.717, 1.165) is 83.8 Å². The van der Waals surface area contributed by atoms with Gasteiger partial charge in [0.2, 0.25) is 0 Å². The molecule has 0 saturated heterocycles. The number of hydrogen-bond donors (Lipinski definition) is 0. The third kappa shape index (κ3) is 7.66. The molecule has 0 amide bonds. The second kappa shape index (κ2) is 16.8. The molecule has 0 spiro atoms. The molecule has 0 N–H and O–H groups in total. The van der Waals surface area contributed by atoms with Gasteiger partial charge in [0, 0.05) is 43.0 Å². The third-order valence-corrected chi connectivity index (χ3v) is 14.3. The van der Waals surface area contributed by atoms with Crippen molar-refractivity contribution in [3.63, 3.8) is 0 Å². The molecule has 64 heavy (non-hydrogen) atoms. The maximum atomic E-state index is 5.37. The molecule has 1 aliphatic rings. The van der Waals surface area contributed by atoms with Crippen LogP contribution in [0.3, 0.4) is 0 Å². The van der Waals surface area contributed by atoms with Gasteiger partial charge in [-0.1, -0.05) is 175 Å². The number of aromatic nitrogens is 3. The first-order valence-electron chi connectivity index (χ1n) is 21.9. The van der Waals surface area contributed by atoms with Crippen LogP contribution in [-0.4, -0.2) is 15.0 Å². The van der Waals surface area contributed by atoms with Gasteiger partial charge in [-0.15, -0.1) is 34.9 Å². The molecule has 9 aromatic rings. The molecule has 1 aliphatic carbocycles. The Kier molecular flexibility index (Phi) is 11.2. The van der Waals surface area contributed by atoms with E-state index in [1.54, 1.807) is 0 Å². The molecule has 4 heteroatoms. The van der Waals surface area contributed by atoms with E-state index >= 15 is 0 Å². The van der Waals surface area contributed by atoms with Crippen LogP contribution in [0.1, 0.15) is 52.7 Å². The van der Waals surface area contributed by atoms with E-state index in [4.69, 9.17) is 15.0 Å². The van der Waals surface area contributed by atoms with Gasteiger partial charge in [0.1, 0.15) is 0 Å². The molecular formula is C60H50IrN3-. The quantitative estimate of drug-likeness (QED) is 0.142. The second-order valence-corrected chi connectivity index (χ2v) is 18.5. The number of pyridine rings is 1. The van der Waals surface area contributed by atoms with Crippen molar-refractivity contribution in [2.24, 2.45) is 5.41 Å². The van der Waals surface area contributed by atoms with Crippen molar-refractivity contribution in [3.05, 3.63) is 211 Å². The first-order valence-corrected chi connectivity index (χ1v) is 21.9. The van der Waals surface area contributed by atoms with Crippen LogP contribution in [0.5, 0.6) is 0 Å². The summed E-state index contributed by atoms with van der Waals surface area (Å²) >= 11 is 0. The van der Waals surface area contributed by atoms with Gasteiger partial charge in [-0.3, -0.25) is 0 Å². The molecule has 0 unspecified atom stereocenters. The number of nitrogens with zero attached hydrogens (tertiary/aromatic N) is 3. The molecule has 1 radical (unpaired) electrons. The van der Waals surface area contributed by atoms with E-state index in [2.05, 4.69) is 236 Å². The minimum absolute atomic E-state index is 0. The third-order valence-electron chi connectivity index (χ3n) is 14.3. The Morgan fingerprint density at radius 2 is 0.750 bits per heavy atom. The summed E-state index contributed by atoms with van der Waals surface area (Å²) in [7, 11) is 0. The Bertz CT molecular complexity index is 2840. The van der Waals surface area contributed by atoms with E-state index in [1.165, 1.54) is 11.1 Å². The van der Waals surface area contributed by atoms with E-state index < -0.39 is 0 Å². The van der Waals surface area contributed by atoms with E-state index in [9.17, 15) is 0 Å². The van der Waals surface area contributed by atoms with Crippen molar-refractivity contribution < 1.29 is 20.1 Å². The van der Waals surface area contributed by atoms with Crippen LogP contribution in [-0.2, 0) is 30.9 Å². The SMILES string of the molecule is CC1(C)c2c[c-]c(-c3ccc(-c4nc(-c5cc(-c6ccccc6)cc(-c6ccccc6)c5)cc(-c5cc(-c6ccccc6)cc(-c6ccccc6)c5)n4)cn3)cc2C(C)(C)C1(C)C.[Ir]. The second-order valence-electron chi connectivity index (χ2n) is 18.5. The fourth-order valence-electron chi connectivity index (χ4n) is 9.43. The Hall–Kier alpha value is -6.58. The zero-order chi connectivity index (χ0) is 43.3. The number of benzene rings is 7. The Balaban J connectivity index is 0.00000518. The fourth-order valence-corrected chi connectivity index (χ4v) is 9.43. The van der Waals surface area contributed by atoms with Gasteiger partial charge in [0.15, 0.2) is 5.82 Å². The molecule has 7 aromatic carbocycles. The molecule has 10 rings (SSSR count). The standard InChI is InChI=1S/C60H50N3.Ir/c1-58(2)52-29-27-44(37-53(52)59(3,4)60(58,5)6)54-30-28-45(39-61-54)57-62-55(50-33-46(40-19-11-7-12-20-40)31-47(34-50)41-21-13-8-14-22-41)38-56(63-57)51-35-48(42-23-15-9-16-24-42)32-49(36-51)43-25-17-10-18-26-43;/h7-26,28-39H,1-6H3;/q-1;. The predicted molar refractivity (Wildman–Crippen MR) is 262 cm³/mol. The summed E-state index contributed by atoms with van der Waals surface area (Å²) in [5.74, 6) is 0.613. The monoisotopic (exact) mass is 1010 g/mol. The smallest absolute Gasteiger partial charge is 0.161 e. The summed E-state index contributed by atoms with van der Waals surface area (Å²) < 4.78 is 0. The van der Waals surface area contributed by atoms with Gasteiger partial charge >= 0.3 is 0 Å². The molecule has 0 bridgehead atoms. The Morgan fingerprint density at radius 1 is 0.359 bits per heavy atom. The van der Waals surface area contributed by atoms with Crippen molar-refractivity contribution in [1.82, 2.24) is 15.0 Å². The van der Waals surface area contributed by atoms with Crippen LogP contribution in [0.4, 0.5) is 0 Å². The van der Waals surface area contributed by atoms with Crippen molar-refractivity contribution >= 4 is 0 Å². The van der Waals surface area contributed by atoms with Crippen LogP contribution in [0, 0.1) is 11.5 Å². The predicted octanol–water partition coefficient (Wildman–Crippen LogP) is 15.6. The topological polar surface area (TPSA) is 38.7 Å². The summed E-state index contributed by atoms with van der Waals surface area (Å²) in [5.41, 5.74) is 18.3. The van der Waals surface area contributed by atoms with E-state index in [-0.39, 0.29) is 36.4 Å². The molecule has 3 nitrogen and oxygen atoms in total. The first-order chi connectivity index (χ1) is 30.5. The summed E-state index contributed by atoms with van der Waals surface area (Å²) in [6, 6.07) is 70.3. The van der Waals surface area contributed by atoms with Gasteiger partial charge in [0.05, 0.1) is 11.4 Å². The van der Waals surface area contributed by atoms with Gasteiger partial charge in [-0.05, 0) is 109 Å². The van der Waals surface area contributed by atoms with Crippen molar-refractivity contribution in [2.75, 3.05) is 0 Å². The van der Waals surface area contributed by atoms with E-state index in [0.29, 0.717) is 5.82 Å². The van der Waals surface area contributed by atoms with Crippen molar-refractivity contribution in [1.29, 1.82) is 0 Å². The average Bonchev–Trinajstić information content (AvgIpc) is 3.44. The maximum absolute atomic E-state index is 5.37. The van der Waals surface area contributed by atoms with Gasteiger partial charge in [-0.2, -0.15) is 0 Å². The zero-order valence-electron chi connectivity index (χ0n) is 37.2. The zero-order valence-corrected chi connectivity index (χ0v) is 39.5. The number of rotatable bonds is 8. The summed E-state index contributed by atoms with van der Waals surface area (Å²) in [5, 5.41) is 0. The van der Waals surface area contributed by atoms with Gasteiger partial charge in [0.25, 0.3) is 0 Å². The Labute approximate surface area is 391 Å². The summed E-state index contributed by atoms with van der Waals surface area (Å²) in [6.07, 6.45) is 1.92. The van der Waals surface area contributed by atoms with Crippen molar-refractivity contribution in [3.8, 4) is 89.7 Å². The van der Waals surface area contributed by atoms with Crippen LogP contribution in [0.25, 0.3) is 89.7 Å². The molecule has 315 valence electrons. The molecule has 2 aromatic heterocycles. The molecule has 0 saturated carbocycles. The largest absolute Gasteiger partial charge is 0.304 e. The van der Waals surface area contributed by atoms with Crippen LogP contribution in [0.15, 0.2) is 194 Å². The Morgan fingerprint density at radius 3 is 1.14 bits per heavy atom. The van der Waals surface area contributed by atoms with Gasteiger partial charge in [-0.25, -0.2) is 9.97 Å². The summed E-state index contributed by atoms with van der Waals surface area (Å²) in [6.45, 7) is 14.3. The molecule has 0 atom stereocenters. The summed E-state index contributed by atoms with van der Waals surface area (Å²) in [4.78, 5) is 15.8. The van der Waals surface area contributed by atoms with Crippen LogP contribution in [0.2, 0.25) is 0 Å². The molecule has 2 heterocycles. The normalized spacial score (nSPS) is 14.3. The molecule has 0 aliphatic heterocycles. The van der Waals surface area contributed by atoms with Crippen LogP contribution >= 0.6 is 0 Å².